The Hall–Kier alpha value is 1.79. The predicted molar refractivity (Wildman–Crippen MR) is 12.5 cm³/mol. The smallest absolute Gasteiger partial charge is 0 e. The first-order valence-corrected chi connectivity index (χ1v) is 0. The van der Waals surface area contributed by atoms with E-state index in [2.05, 4.69) is 0 Å². The zero-order valence-electron chi connectivity index (χ0n) is 1.64. The molecule has 33 valence electrons. The summed E-state index contributed by atoms with van der Waals surface area (Å²) in [7, 11) is 0. The largest absolute Gasteiger partial charge is 0.0776 e. The zero-order valence-corrected chi connectivity index (χ0v) is 6.20. The van der Waals surface area contributed by atoms with Crippen molar-refractivity contribution in [2.75, 3.05) is 0 Å². The first kappa shape index (κ1) is 71.1. The van der Waals surface area contributed by atoms with E-state index in [1.807, 2.05) is 0 Å². The molecule has 0 unspecified atom stereocenters. The van der Waals surface area contributed by atoms with Crippen molar-refractivity contribution in [3.8, 4) is 0 Å². The van der Waals surface area contributed by atoms with E-state index in [9.17, 15) is 0 Å². The molecule has 0 saturated heterocycles. The molecule has 0 heterocycles. The van der Waals surface area contributed by atoms with Gasteiger partial charge in [0, 0.05) is 62.5 Å². The van der Waals surface area contributed by atoms with Crippen molar-refractivity contribution < 1.29 is 51.5 Å². The topological polar surface area (TPSA) is 0 Å². The average Bonchev–Trinajstić information content (AvgIpc) is 0. The van der Waals surface area contributed by atoms with E-state index in [4.69, 9.17) is 0 Å². The summed E-state index contributed by atoms with van der Waals surface area (Å²) in [6, 6.07) is 0. The minimum atomic E-state index is 0. The van der Waals surface area contributed by atoms with Crippen LogP contribution < -0.4 is 0 Å². The maximum Gasteiger partial charge on any atom is 0 e. The van der Waals surface area contributed by atoms with Crippen molar-refractivity contribution in [1.82, 2.24) is 0 Å². The zero-order chi connectivity index (χ0) is 0. The Balaban J connectivity index is 0. The second kappa shape index (κ2) is 41.5. The molecule has 0 aliphatic carbocycles. The van der Waals surface area contributed by atoms with Crippen LogP contribution in [0.15, 0.2) is 0 Å². The molecule has 0 aliphatic heterocycles. The van der Waals surface area contributed by atoms with E-state index < -0.39 is 0 Å². The van der Waals surface area contributed by atoms with E-state index in [0.717, 1.165) is 0 Å². The summed E-state index contributed by atoms with van der Waals surface area (Å²) < 4.78 is 0. The molecule has 0 amide bonds. The van der Waals surface area contributed by atoms with E-state index >= 15 is 0 Å². The quantitative estimate of drug-likeness (QED) is 0.499. The van der Waals surface area contributed by atoms with Crippen LogP contribution in [-0.4, -0.2) is 11.0 Å². The van der Waals surface area contributed by atoms with Gasteiger partial charge in [-0.1, -0.05) is 7.43 Å². The van der Waals surface area contributed by atoms with E-state index in [0.29, 0.717) is 0 Å². The molecule has 0 aromatic carbocycles. The number of hydrogen-bond donors (Lipinski definition) is 0. The Kier molecular flexibility index (Phi) is 590. The fourth-order valence-corrected chi connectivity index (χ4v) is 0. The van der Waals surface area contributed by atoms with Crippen LogP contribution in [0.4, 0.5) is 0 Å². The van der Waals surface area contributed by atoms with Crippen molar-refractivity contribution in [3.05, 3.63) is 0 Å². The van der Waals surface area contributed by atoms with Crippen LogP contribution in [0.25, 0.3) is 0 Å². The van der Waals surface area contributed by atoms with Crippen molar-refractivity contribution in [3.63, 3.8) is 0 Å². The van der Waals surface area contributed by atoms with E-state index in [1.54, 1.807) is 0 Å². The Bertz CT molecular complexity index is 11.6. The summed E-state index contributed by atoms with van der Waals surface area (Å²) >= 11 is 0. The second-order valence-corrected chi connectivity index (χ2v) is 0. The summed E-state index contributed by atoms with van der Waals surface area (Å²) in [4.78, 5) is 0. The molecule has 0 fully saturated rings. The fourth-order valence-electron chi connectivity index (χ4n) is 0. The van der Waals surface area contributed by atoms with Crippen LogP contribution in [0.1, 0.15) is 7.43 Å². The van der Waals surface area contributed by atoms with Gasteiger partial charge in [-0.15, -0.1) is 0 Å². The molecule has 5 radical (unpaired) electrons. The van der Waals surface area contributed by atoms with Gasteiger partial charge >= 0.3 is 0 Å². The molecular weight excluding hydrogens is 203 g/mol. The van der Waals surface area contributed by atoms with Gasteiger partial charge in [0.15, 0.2) is 0 Å². The monoisotopic (exact) mass is 207 g/mol. The van der Waals surface area contributed by atoms with Crippen LogP contribution in [0.3, 0.4) is 0 Å². The third-order valence-electron chi connectivity index (χ3n) is 0. The molecule has 0 aromatic heterocycles. The van der Waals surface area contributed by atoms with Crippen LogP contribution >= 0.6 is 0 Å². The van der Waals surface area contributed by atoms with E-state index in [-0.39, 0.29) is 69.9 Å². The van der Waals surface area contributed by atoms with Gasteiger partial charge in [-0.25, -0.2) is 0 Å². The molecule has 0 aromatic rings. The van der Waals surface area contributed by atoms with Crippen LogP contribution in [-0.2, 0) is 51.5 Å². The van der Waals surface area contributed by atoms with Crippen LogP contribution in [0, 0.1) is 0 Å². The van der Waals surface area contributed by atoms with Crippen molar-refractivity contribution in [1.29, 1.82) is 0 Å². The normalized spacial score (nSPS) is 0. The first-order chi connectivity index (χ1) is 0. The molecule has 0 N–H and O–H groups in total. The summed E-state index contributed by atoms with van der Waals surface area (Å²) in [6.07, 6.45) is 0. The van der Waals surface area contributed by atoms with Crippen molar-refractivity contribution in [2.24, 2.45) is 0 Å². The molecule has 0 atom stereocenters. The minimum Gasteiger partial charge on any atom is -0.0776 e. The molecule has 0 spiro atoms. The summed E-state index contributed by atoms with van der Waals surface area (Å²) in [5.41, 5.74) is 0. The third-order valence-corrected chi connectivity index (χ3v) is 0. The van der Waals surface area contributed by atoms with Gasteiger partial charge in [-0.2, -0.15) is 0 Å². The van der Waals surface area contributed by atoms with Crippen LogP contribution in [0.2, 0.25) is 0 Å². The summed E-state index contributed by atoms with van der Waals surface area (Å²) in [5.74, 6) is 0. The molecule has 5 heavy (non-hydrogen) atoms. The standard InChI is InChI=1S/CH4.Cr.Fe.Mn.Si/h1H4;;;;. The Morgan fingerprint density at radius 1 is 1.00 bits per heavy atom. The molecule has 0 saturated carbocycles. The maximum absolute atomic E-state index is 0. The van der Waals surface area contributed by atoms with Crippen molar-refractivity contribution >= 4 is 11.0 Å². The molecule has 0 nitrogen and oxygen atoms in total. The van der Waals surface area contributed by atoms with Gasteiger partial charge in [0.2, 0.25) is 0 Å². The van der Waals surface area contributed by atoms with Crippen molar-refractivity contribution in [2.45, 2.75) is 7.43 Å². The average molecular weight is 207 g/mol. The number of rotatable bonds is 0. The minimum absolute atomic E-state index is 0. The summed E-state index contributed by atoms with van der Waals surface area (Å²) in [5, 5.41) is 0. The SMILES string of the molecule is C.[Cr].[Fe].[Mn].[Si]. The molecule has 0 bridgehead atoms. The van der Waals surface area contributed by atoms with E-state index in [1.165, 1.54) is 0 Å². The van der Waals surface area contributed by atoms with Gasteiger partial charge in [0.05, 0.1) is 0 Å². The first-order valence-electron chi connectivity index (χ1n) is 0. The van der Waals surface area contributed by atoms with Gasteiger partial charge in [-0.3, -0.25) is 0 Å². The van der Waals surface area contributed by atoms with Gasteiger partial charge in [0.1, 0.15) is 0 Å². The molecule has 0 rings (SSSR count). The Morgan fingerprint density at radius 2 is 1.00 bits per heavy atom. The molecular formula is CH4CrFeMnSi. The Morgan fingerprint density at radius 3 is 1.00 bits per heavy atom. The third kappa shape index (κ3) is 26.0. The Labute approximate surface area is 69.6 Å². The number of hydrogen-bond acceptors (Lipinski definition) is 0. The van der Waals surface area contributed by atoms with Gasteiger partial charge < -0.3 is 0 Å². The van der Waals surface area contributed by atoms with Gasteiger partial charge in [0.25, 0.3) is 0 Å². The molecule has 0 aliphatic rings. The van der Waals surface area contributed by atoms with Crippen LogP contribution in [0.5, 0.6) is 0 Å². The summed E-state index contributed by atoms with van der Waals surface area (Å²) in [6.45, 7) is 0. The maximum atomic E-state index is 0. The fraction of sp³-hybridized carbons (Fsp3) is 1.00. The molecule has 4 heteroatoms. The van der Waals surface area contributed by atoms with Gasteiger partial charge in [-0.05, 0) is 0 Å². The predicted octanol–water partition coefficient (Wildman–Crippen LogP) is 0.248. The second-order valence-electron chi connectivity index (χ2n) is 0.